The average molecular weight is 1110 g/mol. The molecule has 0 fully saturated rings. The molecule has 0 aliphatic rings. The van der Waals surface area contributed by atoms with Gasteiger partial charge in [0.25, 0.3) is 0 Å². The number of rotatable bonds is 33. The first-order valence-corrected chi connectivity index (χ1v) is 16.3. The minimum absolute atomic E-state index is 0. The van der Waals surface area contributed by atoms with Crippen LogP contribution in [0.2, 0.25) is 0 Å². The van der Waals surface area contributed by atoms with Gasteiger partial charge < -0.3 is 119 Å². The quantitative estimate of drug-likeness (QED) is 0.0551. The summed E-state index contributed by atoms with van der Waals surface area (Å²) >= 11 is 0. The van der Waals surface area contributed by atoms with Gasteiger partial charge in [-0.05, 0) is 0 Å². The fraction of sp³-hybridized carbons (Fsp3) is 0.600. The zero-order chi connectivity index (χ0) is 47.1. The van der Waals surface area contributed by atoms with Crippen LogP contribution in [0, 0.1) is 0 Å². The summed E-state index contributed by atoms with van der Waals surface area (Å²) < 4.78 is 0. The number of carboxylic acids is 12. The number of hydrogen-bond donors (Lipinski definition) is 0. The molecule has 0 saturated heterocycles. The Kier molecular flexibility index (Phi) is 55.2. The van der Waals surface area contributed by atoms with E-state index >= 15 is 0 Å². The number of carbonyl (C=O) groups excluding carboxylic acids is 12. The van der Waals surface area contributed by atoms with E-state index in [-0.39, 0.29) is 137 Å². The number of nitrogens with zero attached hydrogens (tertiary/aromatic N) is 6. The van der Waals surface area contributed by atoms with Crippen molar-refractivity contribution in [2.45, 2.75) is 0 Å². The molecule has 30 nitrogen and oxygen atoms in total. The van der Waals surface area contributed by atoms with Crippen LogP contribution < -0.4 is 61.3 Å². The molecule has 65 heavy (non-hydrogen) atoms. The zero-order valence-corrected chi connectivity index (χ0v) is 37.0. The van der Waals surface area contributed by atoms with E-state index in [2.05, 4.69) is 0 Å². The molecule has 0 heterocycles. The normalized spacial score (nSPS) is 9.88. The van der Waals surface area contributed by atoms with Gasteiger partial charge in [-0.2, -0.15) is 0 Å². The molecule has 0 aromatic rings. The summed E-state index contributed by atoms with van der Waals surface area (Å²) in [6, 6.07) is 0. The van der Waals surface area contributed by atoms with Gasteiger partial charge in [0.05, 0.1) is 71.6 Å². The van der Waals surface area contributed by atoms with Crippen molar-refractivity contribution in [2.24, 2.45) is 0 Å². The van der Waals surface area contributed by atoms with Crippen LogP contribution in [0.5, 0.6) is 0 Å². The maximum absolute atomic E-state index is 10.4. The number of carbonyl (C=O) groups is 12. The molecule has 0 aliphatic carbocycles. The molecule has 0 rings (SSSR count). The fourth-order valence-corrected chi connectivity index (χ4v) is 4.32. The Hall–Kier alpha value is -3.52. The van der Waals surface area contributed by atoms with Gasteiger partial charge in [-0.3, -0.25) is 29.4 Å². The van der Waals surface area contributed by atoms with Crippen LogP contribution in [0.1, 0.15) is 0 Å². The molecule has 0 unspecified atom stereocenters. The summed E-state index contributed by atoms with van der Waals surface area (Å²) in [5.41, 5.74) is 0. The molecule has 364 valence electrons. The summed E-state index contributed by atoms with van der Waals surface area (Å²) in [5, 5.41) is 125. The SMILES string of the molecule is O=C([O-])CN(CCN(CC(=O)[O-])CC(=O)[O-])CC(=O)[O-].O=C([O-])CN(CCN(CC(=O)[O-])CC(=O)[O-])CC(=O)[O-].O=C([O-])CN(CCN(CC(=O)[O-])CC(=O)[O-])CC(=O)[O-].[Fe+3].[Fe+3].[Fe+3].[Fe+3].[NaH]. The van der Waals surface area contributed by atoms with Gasteiger partial charge in [0.15, 0.2) is 0 Å². The van der Waals surface area contributed by atoms with Gasteiger partial charge in [-0.15, -0.1) is 0 Å². The van der Waals surface area contributed by atoms with Crippen LogP contribution in [0.25, 0.3) is 0 Å². The van der Waals surface area contributed by atoms with Crippen LogP contribution in [0.15, 0.2) is 0 Å². The Balaban J connectivity index is -0.000000120. The predicted molar refractivity (Wildman–Crippen MR) is 166 cm³/mol. The Bertz CT molecular complexity index is 1150. The average Bonchev–Trinajstić information content (AvgIpc) is 3.02. The maximum atomic E-state index is 10.4. The van der Waals surface area contributed by atoms with Crippen molar-refractivity contribution in [1.82, 2.24) is 29.4 Å². The molecule has 0 aliphatic heterocycles. The summed E-state index contributed by atoms with van der Waals surface area (Å²) in [6.45, 7) is -9.75. The van der Waals surface area contributed by atoms with E-state index in [1.165, 1.54) is 0 Å². The van der Waals surface area contributed by atoms with Crippen LogP contribution >= 0.6 is 0 Å². The van der Waals surface area contributed by atoms with Crippen molar-refractivity contribution in [3.8, 4) is 0 Å². The van der Waals surface area contributed by atoms with Gasteiger partial charge in [-0.1, -0.05) is 0 Å². The van der Waals surface area contributed by atoms with Gasteiger partial charge in [0.2, 0.25) is 0 Å². The first-order chi connectivity index (χ1) is 27.6. The summed E-state index contributed by atoms with van der Waals surface area (Å²) in [7, 11) is 0. The van der Waals surface area contributed by atoms with E-state index in [0.29, 0.717) is 0 Å². The molecular formula is C30H37Fe4N6NaO24. The molecule has 0 amide bonds. The second-order valence-electron chi connectivity index (χ2n) is 11.7. The van der Waals surface area contributed by atoms with Crippen LogP contribution in [0.3, 0.4) is 0 Å². The summed E-state index contributed by atoms with van der Waals surface area (Å²) in [5.74, 6) is -18.4. The van der Waals surface area contributed by atoms with Crippen molar-refractivity contribution in [3.05, 3.63) is 0 Å². The van der Waals surface area contributed by atoms with E-state index < -0.39 is 150 Å². The van der Waals surface area contributed by atoms with E-state index in [0.717, 1.165) is 29.4 Å². The van der Waals surface area contributed by atoms with Crippen LogP contribution in [0.4, 0.5) is 0 Å². The fourth-order valence-electron chi connectivity index (χ4n) is 4.32. The van der Waals surface area contributed by atoms with E-state index in [1.54, 1.807) is 0 Å². The first-order valence-electron chi connectivity index (χ1n) is 16.3. The van der Waals surface area contributed by atoms with Crippen molar-refractivity contribution in [1.29, 1.82) is 0 Å². The second kappa shape index (κ2) is 45.6. The van der Waals surface area contributed by atoms with Crippen molar-refractivity contribution in [2.75, 3.05) is 118 Å². The third-order valence-electron chi connectivity index (χ3n) is 6.43. The molecular weight excluding hydrogens is 1070 g/mol. The van der Waals surface area contributed by atoms with Crippen molar-refractivity contribution in [3.63, 3.8) is 0 Å². The number of aliphatic carboxylic acids is 12. The first kappa shape index (κ1) is 78.6. The second-order valence-corrected chi connectivity index (χ2v) is 11.7. The van der Waals surface area contributed by atoms with E-state index in [4.69, 9.17) is 0 Å². The number of carboxylic acid groups (broad SMARTS) is 12. The Labute approximate surface area is 432 Å². The summed E-state index contributed by atoms with van der Waals surface area (Å²) in [4.78, 5) is 130. The van der Waals surface area contributed by atoms with Gasteiger partial charge in [0, 0.05) is 118 Å². The molecule has 0 aromatic heterocycles. The van der Waals surface area contributed by atoms with Crippen molar-refractivity contribution >= 4 is 101 Å². The molecule has 0 saturated carbocycles. The van der Waals surface area contributed by atoms with Gasteiger partial charge in [-0.25, -0.2) is 0 Å². The topological polar surface area (TPSA) is 501 Å². The van der Waals surface area contributed by atoms with Gasteiger partial charge in [0.1, 0.15) is 0 Å². The van der Waals surface area contributed by atoms with E-state index in [9.17, 15) is 119 Å². The molecule has 0 bridgehead atoms. The molecule has 0 aromatic carbocycles. The molecule has 0 N–H and O–H groups in total. The Morgan fingerprint density at radius 2 is 0.262 bits per heavy atom. The molecule has 4 radical (unpaired) electrons. The van der Waals surface area contributed by atoms with Crippen LogP contribution in [-0.4, -0.2) is 248 Å². The van der Waals surface area contributed by atoms with Gasteiger partial charge >= 0.3 is 97.8 Å². The monoisotopic (exact) mass is 1110 g/mol. The number of hydrogen-bond acceptors (Lipinski definition) is 30. The standard InChI is InChI=1S/3C10H16N2O8.4Fe.Na.H/c3*13-7(14)3-11(4-8(15)16)1-2-12(5-9(17)18)6-10(19)20;;;;;;/h3*1-6H2,(H,13,14)(H,15,16)(H,17,18)(H,19,20);;;;;;/q;;;4*+3;;/p-12. The predicted octanol–water partition coefficient (Wildman–Crippen LogP) is -22.9. The summed E-state index contributed by atoms with van der Waals surface area (Å²) in [6.07, 6.45) is 0. The molecule has 0 spiro atoms. The van der Waals surface area contributed by atoms with Crippen LogP contribution in [-0.2, 0) is 126 Å². The molecule has 35 heteroatoms. The Morgan fingerprint density at radius 1 is 0.200 bits per heavy atom. The molecule has 0 atom stereocenters. The third kappa shape index (κ3) is 58.5. The van der Waals surface area contributed by atoms with E-state index in [1.807, 2.05) is 0 Å². The Morgan fingerprint density at radius 3 is 0.308 bits per heavy atom. The zero-order valence-electron chi connectivity index (χ0n) is 32.6. The minimum atomic E-state index is -1.53. The van der Waals surface area contributed by atoms with Crippen molar-refractivity contribution < 1.29 is 187 Å². The third-order valence-corrected chi connectivity index (χ3v) is 6.43.